The number of halogens is 4. The third kappa shape index (κ3) is 3.91. The van der Waals surface area contributed by atoms with Gasteiger partial charge in [0.1, 0.15) is 5.69 Å². The third-order valence-electron chi connectivity index (χ3n) is 3.08. The molecule has 0 saturated heterocycles. The van der Waals surface area contributed by atoms with Gasteiger partial charge in [0.15, 0.2) is 33.1 Å². The molecule has 0 unspecified atom stereocenters. The smallest absolute Gasteiger partial charge is 0.225 e. The molecular weight excluding hydrogens is 350 g/mol. The number of benzene rings is 2. The van der Waals surface area contributed by atoms with Crippen LogP contribution in [-0.2, 0) is 14.6 Å². The van der Waals surface area contributed by atoms with E-state index in [4.69, 9.17) is 0 Å². The van der Waals surface area contributed by atoms with Crippen LogP contribution in [0.5, 0.6) is 0 Å². The Labute approximate surface area is 135 Å². The molecule has 2 rings (SSSR count). The first-order chi connectivity index (χ1) is 11.2. The number of sulfone groups is 1. The Hall–Kier alpha value is -2.42. The summed E-state index contributed by atoms with van der Waals surface area (Å²) in [6.07, 6.45) is -0.645. The quantitative estimate of drug-likeness (QED) is 0.658. The molecular formula is C15H11F4NO3S. The number of carbonyl (C=O) groups is 1. The molecule has 2 aromatic carbocycles. The molecule has 0 radical (unpaired) electrons. The summed E-state index contributed by atoms with van der Waals surface area (Å²) in [5.41, 5.74) is -1.30. The van der Waals surface area contributed by atoms with Gasteiger partial charge in [-0.1, -0.05) is 18.2 Å². The van der Waals surface area contributed by atoms with Crippen LogP contribution in [0.15, 0.2) is 41.3 Å². The second-order valence-corrected chi connectivity index (χ2v) is 6.88. The zero-order valence-corrected chi connectivity index (χ0v) is 12.8. The molecule has 0 aromatic heterocycles. The highest BCUT2D eigenvalue weighted by molar-refractivity contribution is 7.91. The fourth-order valence-corrected chi connectivity index (χ4v) is 3.12. The summed E-state index contributed by atoms with van der Waals surface area (Å²) >= 11 is 0. The lowest BCUT2D eigenvalue weighted by molar-refractivity contribution is -0.115. The maximum atomic E-state index is 13.4. The average molecular weight is 361 g/mol. The fourth-order valence-electron chi connectivity index (χ4n) is 1.86. The molecule has 1 amide bonds. The Kier molecular flexibility index (Phi) is 5.23. The van der Waals surface area contributed by atoms with E-state index < -0.39 is 56.9 Å². The predicted octanol–water partition coefficient (Wildman–Crippen LogP) is 3.05. The first-order valence-corrected chi connectivity index (χ1v) is 8.28. The summed E-state index contributed by atoms with van der Waals surface area (Å²) < 4.78 is 76.9. The van der Waals surface area contributed by atoms with Gasteiger partial charge in [0.25, 0.3) is 0 Å². The zero-order chi connectivity index (χ0) is 17.9. The predicted molar refractivity (Wildman–Crippen MR) is 78.0 cm³/mol. The lowest BCUT2D eigenvalue weighted by atomic mass is 10.2. The fraction of sp³-hybridized carbons (Fsp3) is 0.133. The normalized spacial score (nSPS) is 11.3. The van der Waals surface area contributed by atoms with Gasteiger partial charge >= 0.3 is 0 Å². The summed E-state index contributed by atoms with van der Waals surface area (Å²) in [7, 11) is -3.78. The van der Waals surface area contributed by atoms with Gasteiger partial charge in [0.2, 0.25) is 5.91 Å². The molecule has 0 aliphatic rings. The number of carbonyl (C=O) groups excluding carboxylic acids is 1. The van der Waals surface area contributed by atoms with Crippen LogP contribution in [0.25, 0.3) is 0 Å². The van der Waals surface area contributed by atoms with Gasteiger partial charge in [0.05, 0.1) is 10.6 Å². The second-order valence-electron chi connectivity index (χ2n) is 4.77. The average Bonchev–Trinajstić information content (AvgIpc) is 2.56. The summed E-state index contributed by atoms with van der Waals surface area (Å²) in [6, 6.07) is 7.25. The third-order valence-corrected chi connectivity index (χ3v) is 4.81. The van der Waals surface area contributed by atoms with Gasteiger partial charge in [-0.2, -0.15) is 0 Å². The number of amides is 1. The Morgan fingerprint density at radius 1 is 0.958 bits per heavy atom. The molecule has 128 valence electrons. The van der Waals surface area contributed by atoms with Crippen LogP contribution >= 0.6 is 0 Å². The Bertz CT molecular complexity index is 844. The molecule has 0 atom stereocenters. The number of nitrogens with one attached hydrogen (secondary N) is 1. The van der Waals surface area contributed by atoms with Crippen molar-refractivity contribution in [2.75, 3.05) is 11.1 Å². The van der Waals surface area contributed by atoms with Crippen molar-refractivity contribution in [2.24, 2.45) is 0 Å². The van der Waals surface area contributed by atoms with E-state index in [1.807, 2.05) is 0 Å². The van der Waals surface area contributed by atoms with Crippen molar-refractivity contribution in [1.82, 2.24) is 0 Å². The minimum Gasteiger partial charge on any atom is -0.321 e. The second kappa shape index (κ2) is 7.00. The van der Waals surface area contributed by atoms with E-state index in [1.165, 1.54) is 24.3 Å². The number of rotatable bonds is 5. The van der Waals surface area contributed by atoms with E-state index in [2.05, 4.69) is 0 Å². The van der Waals surface area contributed by atoms with Crippen molar-refractivity contribution in [3.05, 3.63) is 59.7 Å². The number of hydrogen-bond donors (Lipinski definition) is 1. The molecule has 24 heavy (non-hydrogen) atoms. The number of hydrogen-bond acceptors (Lipinski definition) is 3. The van der Waals surface area contributed by atoms with Gasteiger partial charge in [-0.3, -0.25) is 4.79 Å². The first-order valence-electron chi connectivity index (χ1n) is 6.63. The molecule has 0 bridgehead atoms. The lowest BCUT2D eigenvalue weighted by Gasteiger charge is -2.09. The van der Waals surface area contributed by atoms with Crippen molar-refractivity contribution in [3.8, 4) is 0 Å². The molecule has 2 aromatic rings. The van der Waals surface area contributed by atoms with Crippen LogP contribution < -0.4 is 5.32 Å². The SMILES string of the molecule is O=C(CCS(=O)(=O)c1ccccc1)Nc1c(F)c(F)cc(F)c1F. The molecule has 0 heterocycles. The van der Waals surface area contributed by atoms with Crippen LogP contribution in [0.4, 0.5) is 23.2 Å². The van der Waals surface area contributed by atoms with Gasteiger partial charge in [-0.15, -0.1) is 0 Å². The van der Waals surface area contributed by atoms with Crippen molar-refractivity contribution in [1.29, 1.82) is 0 Å². The topological polar surface area (TPSA) is 63.2 Å². The van der Waals surface area contributed by atoms with E-state index in [0.717, 1.165) is 0 Å². The minimum atomic E-state index is -3.78. The van der Waals surface area contributed by atoms with Crippen LogP contribution in [0.3, 0.4) is 0 Å². The van der Waals surface area contributed by atoms with Crippen LogP contribution in [0.1, 0.15) is 6.42 Å². The monoisotopic (exact) mass is 361 g/mol. The van der Waals surface area contributed by atoms with Crippen LogP contribution in [0, 0.1) is 23.3 Å². The molecule has 0 aliphatic heterocycles. The Morgan fingerprint density at radius 3 is 2.04 bits per heavy atom. The van der Waals surface area contributed by atoms with Crippen LogP contribution in [0.2, 0.25) is 0 Å². The molecule has 0 saturated carbocycles. The van der Waals surface area contributed by atoms with Gasteiger partial charge in [-0.25, -0.2) is 26.0 Å². The van der Waals surface area contributed by atoms with Gasteiger partial charge in [0, 0.05) is 12.5 Å². The van der Waals surface area contributed by atoms with E-state index in [9.17, 15) is 30.8 Å². The lowest BCUT2D eigenvalue weighted by Crippen LogP contribution is -2.19. The molecule has 0 aliphatic carbocycles. The van der Waals surface area contributed by atoms with E-state index in [-0.39, 0.29) is 11.0 Å². The number of anilines is 1. The maximum absolute atomic E-state index is 13.4. The van der Waals surface area contributed by atoms with Crippen molar-refractivity contribution in [3.63, 3.8) is 0 Å². The molecule has 1 N–H and O–H groups in total. The van der Waals surface area contributed by atoms with Crippen LogP contribution in [-0.4, -0.2) is 20.1 Å². The molecule has 0 fully saturated rings. The highest BCUT2D eigenvalue weighted by Gasteiger charge is 2.22. The summed E-state index contributed by atoms with van der Waals surface area (Å²) in [5.74, 6) is -8.63. The summed E-state index contributed by atoms with van der Waals surface area (Å²) in [5, 5.41) is 1.65. The highest BCUT2D eigenvalue weighted by atomic mass is 32.2. The summed E-state index contributed by atoms with van der Waals surface area (Å²) in [4.78, 5) is 11.6. The van der Waals surface area contributed by atoms with Crippen molar-refractivity contribution >= 4 is 21.4 Å². The Morgan fingerprint density at radius 2 is 1.50 bits per heavy atom. The van der Waals surface area contributed by atoms with Crippen molar-refractivity contribution < 1.29 is 30.8 Å². The highest BCUT2D eigenvalue weighted by Crippen LogP contribution is 2.24. The molecule has 9 heteroatoms. The molecule has 0 spiro atoms. The van der Waals surface area contributed by atoms with E-state index in [0.29, 0.717) is 0 Å². The largest absolute Gasteiger partial charge is 0.321 e. The van der Waals surface area contributed by atoms with E-state index >= 15 is 0 Å². The zero-order valence-electron chi connectivity index (χ0n) is 12.0. The van der Waals surface area contributed by atoms with Gasteiger partial charge < -0.3 is 5.32 Å². The Balaban J connectivity index is 2.10. The van der Waals surface area contributed by atoms with E-state index in [1.54, 1.807) is 11.4 Å². The minimum absolute atomic E-state index is 0.000184. The van der Waals surface area contributed by atoms with Crippen molar-refractivity contribution in [2.45, 2.75) is 11.3 Å². The maximum Gasteiger partial charge on any atom is 0.225 e. The standard InChI is InChI=1S/C15H11F4NO3S/c16-10-8-11(17)14(19)15(13(10)18)20-12(21)6-7-24(22,23)9-4-2-1-3-5-9/h1-5,8H,6-7H2,(H,20,21). The van der Waals surface area contributed by atoms with Gasteiger partial charge in [-0.05, 0) is 12.1 Å². The first kappa shape index (κ1) is 17.9. The summed E-state index contributed by atoms with van der Waals surface area (Å²) in [6.45, 7) is 0. The molecule has 4 nitrogen and oxygen atoms in total.